The number of carboxylic acid groups (broad SMARTS) is 1. The molecule has 0 fully saturated rings. The summed E-state index contributed by atoms with van der Waals surface area (Å²) in [7, 11) is 0. The molecule has 2 aromatic rings. The molecular weight excluding hydrogens is 262 g/mol. The number of hydrogen-bond donors (Lipinski definition) is 2. The van der Waals surface area contributed by atoms with Crippen LogP contribution in [0.25, 0.3) is 4.96 Å². The van der Waals surface area contributed by atoms with Gasteiger partial charge in [-0.1, -0.05) is 13.8 Å². The number of rotatable bonds is 6. The number of thiazole rings is 1. The third-order valence-electron chi connectivity index (χ3n) is 3.08. The summed E-state index contributed by atoms with van der Waals surface area (Å²) < 4.78 is 2.02. The first kappa shape index (κ1) is 14.0. The van der Waals surface area contributed by atoms with E-state index in [0.717, 1.165) is 16.3 Å². The Balaban J connectivity index is 2.10. The summed E-state index contributed by atoms with van der Waals surface area (Å²) in [4.78, 5) is 16.6. The van der Waals surface area contributed by atoms with Gasteiger partial charge in [-0.05, 0) is 19.3 Å². The Morgan fingerprint density at radius 3 is 2.95 bits per heavy atom. The molecule has 2 heterocycles. The standard InChI is InChI=1S/C13H19N3O2S/c1-8(2)6-10(12(17)18)14-7-11-9(3)15-13-16(11)4-5-19-13/h4-5,8,10,14H,6-7H2,1-3H3,(H,17,18). The Labute approximate surface area is 116 Å². The second-order valence-electron chi connectivity index (χ2n) is 5.10. The minimum Gasteiger partial charge on any atom is -0.480 e. The Morgan fingerprint density at radius 1 is 1.58 bits per heavy atom. The lowest BCUT2D eigenvalue weighted by molar-refractivity contribution is -0.140. The van der Waals surface area contributed by atoms with Crippen molar-refractivity contribution in [3.63, 3.8) is 0 Å². The lowest BCUT2D eigenvalue weighted by atomic mass is 10.0. The minimum atomic E-state index is -0.794. The summed E-state index contributed by atoms with van der Waals surface area (Å²) in [5.41, 5.74) is 1.99. The topological polar surface area (TPSA) is 66.6 Å². The zero-order chi connectivity index (χ0) is 14.0. The lowest BCUT2D eigenvalue weighted by Gasteiger charge is -2.16. The van der Waals surface area contributed by atoms with Crippen molar-refractivity contribution < 1.29 is 9.90 Å². The third kappa shape index (κ3) is 3.13. The molecule has 0 amide bonds. The first-order valence-electron chi connectivity index (χ1n) is 6.36. The van der Waals surface area contributed by atoms with Gasteiger partial charge in [-0.3, -0.25) is 14.5 Å². The molecule has 0 bridgehead atoms. The first-order chi connectivity index (χ1) is 8.99. The number of carboxylic acids is 1. The molecule has 0 spiro atoms. The van der Waals surface area contributed by atoms with E-state index >= 15 is 0 Å². The fourth-order valence-electron chi connectivity index (χ4n) is 2.12. The SMILES string of the molecule is Cc1nc2sccn2c1CNC(CC(C)C)C(=O)O. The molecule has 19 heavy (non-hydrogen) atoms. The number of fused-ring (bicyclic) bond motifs is 1. The van der Waals surface area contributed by atoms with Crippen molar-refractivity contribution in [2.45, 2.75) is 39.8 Å². The van der Waals surface area contributed by atoms with Crippen molar-refractivity contribution >= 4 is 22.3 Å². The van der Waals surface area contributed by atoms with Crippen LogP contribution < -0.4 is 5.32 Å². The number of nitrogens with zero attached hydrogens (tertiary/aromatic N) is 2. The highest BCUT2D eigenvalue weighted by Gasteiger charge is 2.19. The van der Waals surface area contributed by atoms with Crippen molar-refractivity contribution in [3.8, 4) is 0 Å². The van der Waals surface area contributed by atoms with E-state index in [-0.39, 0.29) is 0 Å². The smallest absolute Gasteiger partial charge is 0.320 e. The summed E-state index contributed by atoms with van der Waals surface area (Å²) >= 11 is 1.58. The molecule has 5 nitrogen and oxygen atoms in total. The molecule has 0 aliphatic rings. The molecule has 0 aliphatic carbocycles. The van der Waals surface area contributed by atoms with Crippen LogP contribution in [-0.4, -0.2) is 26.5 Å². The predicted molar refractivity (Wildman–Crippen MR) is 75.5 cm³/mol. The van der Waals surface area contributed by atoms with Crippen molar-refractivity contribution in [2.75, 3.05) is 0 Å². The highest BCUT2D eigenvalue weighted by Crippen LogP contribution is 2.17. The van der Waals surface area contributed by atoms with E-state index in [4.69, 9.17) is 0 Å². The van der Waals surface area contributed by atoms with Crippen molar-refractivity contribution in [3.05, 3.63) is 23.0 Å². The van der Waals surface area contributed by atoms with Crippen LogP contribution in [0.4, 0.5) is 0 Å². The second kappa shape index (κ2) is 5.71. The van der Waals surface area contributed by atoms with Crippen LogP contribution >= 0.6 is 11.3 Å². The Kier molecular flexibility index (Phi) is 4.21. The number of aliphatic carboxylic acids is 1. The summed E-state index contributed by atoms with van der Waals surface area (Å²) in [6.45, 7) is 6.53. The van der Waals surface area contributed by atoms with E-state index in [1.165, 1.54) is 0 Å². The van der Waals surface area contributed by atoms with Gasteiger partial charge in [0.05, 0.1) is 11.4 Å². The molecule has 2 N–H and O–H groups in total. The fourth-order valence-corrected chi connectivity index (χ4v) is 2.90. The van der Waals surface area contributed by atoms with Gasteiger partial charge in [-0.2, -0.15) is 0 Å². The normalized spacial score (nSPS) is 13.3. The number of aryl methyl sites for hydroxylation is 1. The molecule has 6 heteroatoms. The van der Waals surface area contributed by atoms with E-state index in [0.29, 0.717) is 18.9 Å². The van der Waals surface area contributed by atoms with Gasteiger partial charge >= 0.3 is 5.97 Å². The molecule has 0 aromatic carbocycles. The van der Waals surface area contributed by atoms with Gasteiger partial charge in [0, 0.05) is 18.1 Å². The highest BCUT2D eigenvalue weighted by atomic mass is 32.1. The van der Waals surface area contributed by atoms with Crippen molar-refractivity contribution in [2.24, 2.45) is 5.92 Å². The van der Waals surface area contributed by atoms with E-state index in [9.17, 15) is 9.90 Å². The summed E-state index contributed by atoms with van der Waals surface area (Å²) in [6.07, 6.45) is 2.59. The summed E-state index contributed by atoms with van der Waals surface area (Å²) in [5.74, 6) is -0.446. The van der Waals surface area contributed by atoms with Crippen molar-refractivity contribution in [1.82, 2.24) is 14.7 Å². The van der Waals surface area contributed by atoms with Gasteiger partial charge < -0.3 is 5.11 Å². The van der Waals surface area contributed by atoms with E-state index in [1.807, 2.05) is 36.7 Å². The third-order valence-corrected chi connectivity index (χ3v) is 3.84. The average Bonchev–Trinajstić information content (AvgIpc) is 2.85. The number of nitrogens with one attached hydrogen (secondary N) is 1. The van der Waals surface area contributed by atoms with Gasteiger partial charge in [0.1, 0.15) is 6.04 Å². The van der Waals surface area contributed by atoms with Crippen LogP contribution in [0.5, 0.6) is 0 Å². The highest BCUT2D eigenvalue weighted by molar-refractivity contribution is 7.15. The molecular formula is C13H19N3O2S. The number of imidazole rings is 1. The quantitative estimate of drug-likeness (QED) is 0.852. The molecule has 0 radical (unpaired) electrons. The molecule has 0 aliphatic heterocycles. The van der Waals surface area contributed by atoms with Crippen LogP contribution in [0.15, 0.2) is 11.6 Å². The van der Waals surface area contributed by atoms with Gasteiger partial charge in [0.15, 0.2) is 4.96 Å². The molecule has 2 rings (SSSR count). The summed E-state index contributed by atoms with van der Waals surface area (Å²) in [6, 6.07) is -0.511. The zero-order valence-electron chi connectivity index (χ0n) is 11.4. The van der Waals surface area contributed by atoms with Crippen LogP contribution in [-0.2, 0) is 11.3 Å². The number of aromatic nitrogens is 2. The van der Waals surface area contributed by atoms with Crippen LogP contribution in [0.3, 0.4) is 0 Å². The van der Waals surface area contributed by atoms with Crippen LogP contribution in [0.1, 0.15) is 31.7 Å². The summed E-state index contributed by atoms with van der Waals surface area (Å²) in [5, 5.41) is 14.3. The first-order valence-corrected chi connectivity index (χ1v) is 7.24. The van der Waals surface area contributed by atoms with Gasteiger partial charge in [0.25, 0.3) is 0 Å². The van der Waals surface area contributed by atoms with Crippen LogP contribution in [0, 0.1) is 12.8 Å². The maximum absolute atomic E-state index is 11.2. The zero-order valence-corrected chi connectivity index (χ0v) is 12.2. The molecule has 2 aromatic heterocycles. The fraction of sp³-hybridized carbons (Fsp3) is 0.538. The Morgan fingerprint density at radius 2 is 2.32 bits per heavy atom. The molecule has 0 saturated heterocycles. The van der Waals surface area contributed by atoms with Gasteiger partial charge in [-0.15, -0.1) is 11.3 Å². The lowest BCUT2D eigenvalue weighted by Crippen LogP contribution is -2.37. The van der Waals surface area contributed by atoms with E-state index < -0.39 is 12.0 Å². The van der Waals surface area contributed by atoms with Crippen molar-refractivity contribution in [1.29, 1.82) is 0 Å². The number of hydrogen-bond acceptors (Lipinski definition) is 4. The molecule has 104 valence electrons. The maximum Gasteiger partial charge on any atom is 0.320 e. The average molecular weight is 281 g/mol. The van der Waals surface area contributed by atoms with Gasteiger partial charge in [-0.25, -0.2) is 4.98 Å². The van der Waals surface area contributed by atoms with Gasteiger partial charge in [0.2, 0.25) is 0 Å². The molecule has 1 unspecified atom stereocenters. The predicted octanol–water partition coefficient (Wildman–Crippen LogP) is 2.29. The Hall–Kier alpha value is -1.40. The molecule has 1 atom stereocenters. The monoisotopic (exact) mass is 281 g/mol. The maximum atomic E-state index is 11.2. The Bertz CT molecular complexity index is 573. The largest absolute Gasteiger partial charge is 0.480 e. The minimum absolute atomic E-state index is 0.348. The number of carbonyl (C=O) groups is 1. The van der Waals surface area contributed by atoms with E-state index in [1.54, 1.807) is 11.3 Å². The second-order valence-corrected chi connectivity index (χ2v) is 5.97. The molecule has 0 saturated carbocycles. The van der Waals surface area contributed by atoms with Crippen LogP contribution in [0.2, 0.25) is 0 Å². The van der Waals surface area contributed by atoms with E-state index in [2.05, 4.69) is 10.3 Å².